The molecule has 0 amide bonds. The predicted molar refractivity (Wildman–Crippen MR) is 53.8 cm³/mol. The monoisotopic (exact) mass is 178 g/mol. The first-order valence-electron chi connectivity index (χ1n) is 4.76. The Morgan fingerprint density at radius 1 is 1.38 bits per heavy atom. The van der Waals surface area contributed by atoms with Gasteiger partial charge in [0.2, 0.25) is 0 Å². The van der Waals surface area contributed by atoms with Crippen molar-refractivity contribution in [2.24, 2.45) is 9.98 Å². The average molecular weight is 178 g/mol. The lowest BCUT2D eigenvalue weighted by atomic mass is 10.1. The Bertz CT molecular complexity index is 242. The summed E-state index contributed by atoms with van der Waals surface area (Å²) in [6, 6.07) is 0.141. The molecule has 0 aromatic rings. The number of aliphatic imine (C=N–C) groups is 2. The molecule has 2 rings (SSSR count). The normalized spacial score (nSPS) is 28.3. The Hall–Kier alpha value is -0.960. The highest BCUT2D eigenvalue weighted by molar-refractivity contribution is 5.94. The minimum Gasteiger partial charge on any atom is -0.374 e. The molecular weight excluding hydrogens is 164 g/mol. The molecule has 0 aliphatic carbocycles. The number of rotatable bonds is 1. The average Bonchev–Trinajstić information content (AvgIpc) is 2.47. The fourth-order valence-electron chi connectivity index (χ4n) is 1.49. The Kier molecular flexibility index (Phi) is 2.87. The molecule has 2 heterocycles. The first-order chi connectivity index (χ1) is 6.47. The van der Waals surface area contributed by atoms with Crippen molar-refractivity contribution in [3.63, 3.8) is 0 Å². The van der Waals surface area contributed by atoms with Crippen LogP contribution in [0.4, 0.5) is 0 Å². The molecule has 0 aromatic heterocycles. The van der Waals surface area contributed by atoms with Gasteiger partial charge in [0, 0.05) is 6.21 Å². The molecule has 0 spiro atoms. The lowest BCUT2D eigenvalue weighted by Crippen LogP contribution is -2.27. The minimum absolute atomic E-state index is 0.141. The standard InChI is InChI=1S/C10H14N2O/c1-2-4-9(11-5-3-1)10-8-13-7-6-12-10/h2,4-5,9H,1,3,6-8H2. The minimum atomic E-state index is 0.141. The Morgan fingerprint density at radius 2 is 2.38 bits per heavy atom. The van der Waals surface area contributed by atoms with E-state index in [1.807, 2.05) is 6.21 Å². The van der Waals surface area contributed by atoms with Crippen molar-refractivity contribution in [2.45, 2.75) is 18.9 Å². The summed E-state index contributed by atoms with van der Waals surface area (Å²) >= 11 is 0. The van der Waals surface area contributed by atoms with Gasteiger partial charge in [-0.25, -0.2) is 0 Å². The highest BCUT2D eigenvalue weighted by Gasteiger charge is 2.14. The van der Waals surface area contributed by atoms with E-state index in [4.69, 9.17) is 4.74 Å². The van der Waals surface area contributed by atoms with Crippen molar-refractivity contribution in [3.8, 4) is 0 Å². The zero-order valence-corrected chi connectivity index (χ0v) is 7.65. The molecule has 0 radical (unpaired) electrons. The summed E-state index contributed by atoms with van der Waals surface area (Å²) < 4.78 is 5.34. The second-order valence-electron chi connectivity index (χ2n) is 3.21. The zero-order chi connectivity index (χ0) is 8.93. The van der Waals surface area contributed by atoms with Gasteiger partial charge in [0.05, 0.1) is 25.5 Å². The predicted octanol–water partition coefficient (Wildman–Crippen LogP) is 1.25. The highest BCUT2D eigenvalue weighted by atomic mass is 16.5. The number of allylic oxidation sites excluding steroid dienone is 1. The van der Waals surface area contributed by atoms with Crippen LogP contribution in [0.5, 0.6) is 0 Å². The van der Waals surface area contributed by atoms with Crippen LogP contribution in [0.25, 0.3) is 0 Å². The van der Waals surface area contributed by atoms with Crippen molar-refractivity contribution >= 4 is 11.9 Å². The van der Waals surface area contributed by atoms with Gasteiger partial charge in [-0.1, -0.05) is 12.2 Å². The van der Waals surface area contributed by atoms with Gasteiger partial charge in [0.15, 0.2) is 0 Å². The Morgan fingerprint density at radius 3 is 3.23 bits per heavy atom. The molecule has 3 heteroatoms. The van der Waals surface area contributed by atoms with Crippen molar-refractivity contribution in [1.82, 2.24) is 0 Å². The lowest BCUT2D eigenvalue weighted by Gasteiger charge is -2.15. The van der Waals surface area contributed by atoms with E-state index in [0.717, 1.165) is 31.7 Å². The van der Waals surface area contributed by atoms with Gasteiger partial charge >= 0.3 is 0 Å². The lowest BCUT2D eigenvalue weighted by molar-refractivity contribution is 0.169. The van der Waals surface area contributed by atoms with Crippen molar-refractivity contribution < 1.29 is 4.74 Å². The van der Waals surface area contributed by atoms with Gasteiger partial charge in [0.1, 0.15) is 6.04 Å². The highest BCUT2D eigenvalue weighted by Crippen LogP contribution is 2.07. The first kappa shape index (κ1) is 8.63. The SMILES string of the molecule is C1=CC(C2=NCCOC2)N=CCC1. The number of ether oxygens (including phenoxy) is 1. The third-order valence-corrected chi connectivity index (χ3v) is 2.19. The molecule has 0 saturated carbocycles. The number of hydrogen-bond donors (Lipinski definition) is 0. The number of hydrogen-bond acceptors (Lipinski definition) is 3. The molecular formula is C10H14N2O. The van der Waals surface area contributed by atoms with Gasteiger partial charge < -0.3 is 4.74 Å². The third-order valence-electron chi connectivity index (χ3n) is 2.19. The van der Waals surface area contributed by atoms with Crippen molar-refractivity contribution in [3.05, 3.63) is 12.2 Å². The maximum absolute atomic E-state index is 5.34. The third kappa shape index (κ3) is 2.25. The zero-order valence-electron chi connectivity index (χ0n) is 7.65. The fraction of sp³-hybridized carbons (Fsp3) is 0.600. The summed E-state index contributed by atoms with van der Waals surface area (Å²) in [5.41, 5.74) is 1.07. The van der Waals surface area contributed by atoms with E-state index in [-0.39, 0.29) is 6.04 Å². The van der Waals surface area contributed by atoms with Crippen LogP contribution in [0.2, 0.25) is 0 Å². The molecule has 1 unspecified atom stereocenters. The summed E-state index contributed by atoms with van der Waals surface area (Å²) in [5.74, 6) is 0. The molecule has 1 atom stereocenters. The maximum Gasteiger partial charge on any atom is 0.108 e. The first-order valence-corrected chi connectivity index (χ1v) is 4.76. The van der Waals surface area contributed by atoms with Gasteiger partial charge in [-0.2, -0.15) is 0 Å². The van der Waals surface area contributed by atoms with E-state index >= 15 is 0 Å². The topological polar surface area (TPSA) is 34.0 Å². The summed E-state index contributed by atoms with van der Waals surface area (Å²) in [7, 11) is 0. The molecule has 3 nitrogen and oxygen atoms in total. The quantitative estimate of drug-likeness (QED) is 0.556. The van der Waals surface area contributed by atoms with E-state index in [2.05, 4.69) is 22.1 Å². The van der Waals surface area contributed by atoms with Crippen LogP contribution in [0.15, 0.2) is 22.1 Å². The molecule has 2 aliphatic rings. The molecule has 70 valence electrons. The Balaban J connectivity index is 2.08. The van der Waals surface area contributed by atoms with Gasteiger partial charge in [-0.3, -0.25) is 9.98 Å². The fourth-order valence-corrected chi connectivity index (χ4v) is 1.49. The van der Waals surface area contributed by atoms with Crippen LogP contribution in [0, 0.1) is 0 Å². The van der Waals surface area contributed by atoms with Crippen LogP contribution in [-0.4, -0.2) is 37.7 Å². The van der Waals surface area contributed by atoms with E-state index in [9.17, 15) is 0 Å². The van der Waals surface area contributed by atoms with Gasteiger partial charge in [-0.05, 0) is 12.8 Å². The van der Waals surface area contributed by atoms with Crippen LogP contribution in [0.1, 0.15) is 12.8 Å². The van der Waals surface area contributed by atoms with Crippen molar-refractivity contribution in [2.75, 3.05) is 19.8 Å². The largest absolute Gasteiger partial charge is 0.374 e. The molecule has 0 bridgehead atoms. The maximum atomic E-state index is 5.34. The van der Waals surface area contributed by atoms with Crippen LogP contribution in [-0.2, 0) is 4.74 Å². The second kappa shape index (κ2) is 4.33. The molecule has 0 N–H and O–H groups in total. The summed E-state index contributed by atoms with van der Waals surface area (Å²) in [4.78, 5) is 8.85. The van der Waals surface area contributed by atoms with Gasteiger partial charge in [-0.15, -0.1) is 0 Å². The molecule has 0 fully saturated rings. The van der Waals surface area contributed by atoms with Gasteiger partial charge in [0.25, 0.3) is 0 Å². The Labute approximate surface area is 78.2 Å². The van der Waals surface area contributed by atoms with Crippen LogP contribution in [0.3, 0.4) is 0 Å². The smallest absolute Gasteiger partial charge is 0.108 e. The summed E-state index contributed by atoms with van der Waals surface area (Å²) in [5, 5.41) is 0. The van der Waals surface area contributed by atoms with E-state index in [0.29, 0.717) is 6.61 Å². The summed E-state index contributed by atoms with van der Waals surface area (Å²) in [6.45, 7) is 2.19. The number of nitrogens with zero attached hydrogens (tertiary/aromatic N) is 2. The van der Waals surface area contributed by atoms with Crippen molar-refractivity contribution in [1.29, 1.82) is 0 Å². The van der Waals surface area contributed by atoms with Crippen LogP contribution >= 0.6 is 0 Å². The molecule has 2 aliphatic heterocycles. The molecule has 0 saturated heterocycles. The molecule has 0 aromatic carbocycles. The molecule has 13 heavy (non-hydrogen) atoms. The van der Waals surface area contributed by atoms with Crippen LogP contribution < -0.4 is 0 Å². The second-order valence-corrected chi connectivity index (χ2v) is 3.21. The van der Waals surface area contributed by atoms with E-state index < -0.39 is 0 Å². The van der Waals surface area contributed by atoms with E-state index in [1.165, 1.54) is 0 Å². The van der Waals surface area contributed by atoms with E-state index in [1.54, 1.807) is 0 Å². The summed E-state index contributed by atoms with van der Waals surface area (Å²) in [6.07, 6.45) is 8.42.